The van der Waals surface area contributed by atoms with Gasteiger partial charge in [0, 0.05) is 18.8 Å². The summed E-state index contributed by atoms with van der Waals surface area (Å²) in [6.07, 6.45) is 2.02. The summed E-state index contributed by atoms with van der Waals surface area (Å²) in [5.41, 5.74) is 0.363. The van der Waals surface area contributed by atoms with E-state index in [-0.39, 0.29) is 5.75 Å². The third-order valence-electron chi connectivity index (χ3n) is 1.26. The number of aromatic hydroxyl groups is 1. The van der Waals surface area contributed by atoms with Crippen molar-refractivity contribution < 1.29 is 9.90 Å². The van der Waals surface area contributed by atoms with Gasteiger partial charge in [-0.05, 0) is 6.07 Å². The van der Waals surface area contributed by atoms with Crippen molar-refractivity contribution in [3.8, 4) is 5.75 Å². The predicted octanol–water partition coefficient (Wildman–Crippen LogP) is 0.641. The summed E-state index contributed by atoms with van der Waals surface area (Å²) in [4.78, 5) is 14.0. The summed E-state index contributed by atoms with van der Waals surface area (Å²) in [5.74, 6) is 0.354. The maximum atomic E-state index is 10.2. The Balaban J connectivity index is 3.09. The SMILES string of the molecule is CNc1ncc(C=O)cc1O. The van der Waals surface area contributed by atoms with Gasteiger partial charge in [-0.3, -0.25) is 4.79 Å². The van der Waals surface area contributed by atoms with E-state index >= 15 is 0 Å². The van der Waals surface area contributed by atoms with Crippen LogP contribution >= 0.6 is 0 Å². The summed E-state index contributed by atoms with van der Waals surface area (Å²) in [5, 5.41) is 11.8. The lowest BCUT2D eigenvalue weighted by Gasteiger charge is -2.00. The zero-order valence-electron chi connectivity index (χ0n) is 6.03. The monoisotopic (exact) mass is 152 g/mol. The van der Waals surface area contributed by atoms with Crippen LogP contribution in [-0.4, -0.2) is 23.4 Å². The van der Waals surface area contributed by atoms with E-state index in [0.29, 0.717) is 17.7 Å². The van der Waals surface area contributed by atoms with E-state index < -0.39 is 0 Å². The first-order valence-electron chi connectivity index (χ1n) is 3.10. The normalized spacial score (nSPS) is 9.18. The lowest BCUT2D eigenvalue weighted by molar-refractivity contribution is 0.112. The first-order valence-corrected chi connectivity index (χ1v) is 3.10. The second-order valence-electron chi connectivity index (χ2n) is 2.00. The highest BCUT2D eigenvalue weighted by Crippen LogP contribution is 2.19. The number of anilines is 1. The van der Waals surface area contributed by atoms with Crippen molar-refractivity contribution in [2.24, 2.45) is 0 Å². The number of hydrogen-bond acceptors (Lipinski definition) is 4. The van der Waals surface area contributed by atoms with Gasteiger partial charge in [-0.25, -0.2) is 4.98 Å². The Morgan fingerprint density at radius 2 is 2.45 bits per heavy atom. The molecule has 0 bridgehead atoms. The number of carbonyl (C=O) groups excluding carboxylic acids is 1. The number of aromatic nitrogens is 1. The minimum atomic E-state index is -0.0166. The number of carbonyl (C=O) groups is 1. The van der Waals surface area contributed by atoms with E-state index in [4.69, 9.17) is 5.11 Å². The molecule has 1 aromatic heterocycles. The predicted molar refractivity (Wildman–Crippen MR) is 40.8 cm³/mol. The third-order valence-corrected chi connectivity index (χ3v) is 1.26. The molecule has 0 aliphatic rings. The summed E-state index contributed by atoms with van der Waals surface area (Å²) in [6, 6.07) is 1.35. The van der Waals surface area contributed by atoms with E-state index in [1.165, 1.54) is 12.3 Å². The lowest BCUT2D eigenvalue weighted by atomic mass is 10.3. The van der Waals surface area contributed by atoms with Gasteiger partial charge in [-0.2, -0.15) is 0 Å². The second kappa shape index (κ2) is 3.01. The molecule has 2 N–H and O–H groups in total. The minimum absolute atomic E-state index is 0.0166. The molecule has 4 heteroatoms. The van der Waals surface area contributed by atoms with Crippen LogP contribution in [0, 0.1) is 0 Å². The summed E-state index contributed by atoms with van der Waals surface area (Å²) in [6.45, 7) is 0. The minimum Gasteiger partial charge on any atom is -0.504 e. The van der Waals surface area contributed by atoms with Gasteiger partial charge >= 0.3 is 0 Å². The Bertz CT molecular complexity index is 273. The van der Waals surface area contributed by atoms with Crippen molar-refractivity contribution >= 4 is 12.1 Å². The molecule has 0 atom stereocenters. The standard InChI is InChI=1S/C7H8N2O2/c1-8-7-6(11)2-5(4-10)3-9-7/h2-4,11H,1H3,(H,8,9). The van der Waals surface area contributed by atoms with Crippen LogP contribution in [0.4, 0.5) is 5.82 Å². The Morgan fingerprint density at radius 1 is 1.73 bits per heavy atom. The molecule has 1 aromatic rings. The highest BCUT2D eigenvalue weighted by Gasteiger charge is 2.00. The number of aldehydes is 1. The van der Waals surface area contributed by atoms with E-state index in [0.717, 1.165) is 0 Å². The molecule has 1 heterocycles. The van der Waals surface area contributed by atoms with Crippen LogP contribution in [0.5, 0.6) is 5.75 Å². The molecule has 0 saturated carbocycles. The van der Waals surface area contributed by atoms with Crippen molar-refractivity contribution in [2.45, 2.75) is 0 Å². The molecule has 0 unspecified atom stereocenters. The summed E-state index contributed by atoms with van der Waals surface area (Å²) in [7, 11) is 1.64. The van der Waals surface area contributed by atoms with Gasteiger partial charge in [0.15, 0.2) is 17.9 Å². The summed E-state index contributed by atoms with van der Waals surface area (Å²) < 4.78 is 0. The van der Waals surface area contributed by atoms with Crippen LogP contribution in [0.3, 0.4) is 0 Å². The molecule has 0 fully saturated rings. The van der Waals surface area contributed by atoms with E-state index in [1.54, 1.807) is 7.05 Å². The number of rotatable bonds is 2. The molecule has 0 saturated heterocycles. The van der Waals surface area contributed by atoms with Crippen LogP contribution in [0.15, 0.2) is 12.3 Å². The molecule has 4 nitrogen and oxygen atoms in total. The zero-order valence-corrected chi connectivity index (χ0v) is 6.03. The molecule has 0 amide bonds. The fraction of sp³-hybridized carbons (Fsp3) is 0.143. The topological polar surface area (TPSA) is 62.2 Å². The first kappa shape index (κ1) is 7.53. The van der Waals surface area contributed by atoms with Gasteiger partial charge in [0.05, 0.1) is 0 Å². The van der Waals surface area contributed by atoms with E-state index in [1.807, 2.05) is 0 Å². The van der Waals surface area contributed by atoms with Crippen molar-refractivity contribution in [3.05, 3.63) is 17.8 Å². The molecule has 0 aliphatic carbocycles. The van der Waals surface area contributed by atoms with Crippen molar-refractivity contribution in [1.82, 2.24) is 4.98 Å². The number of nitrogens with zero attached hydrogens (tertiary/aromatic N) is 1. The smallest absolute Gasteiger partial charge is 0.168 e. The average Bonchev–Trinajstić information content (AvgIpc) is 2.04. The molecule has 0 aliphatic heterocycles. The molecule has 1 rings (SSSR count). The first-order chi connectivity index (χ1) is 5.27. The molecule has 0 spiro atoms. The molecule has 11 heavy (non-hydrogen) atoms. The lowest BCUT2D eigenvalue weighted by Crippen LogP contribution is -1.93. The van der Waals surface area contributed by atoms with Crippen LogP contribution in [0.1, 0.15) is 10.4 Å². The Hall–Kier alpha value is -1.58. The van der Waals surface area contributed by atoms with Crippen molar-refractivity contribution in [3.63, 3.8) is 0 Å². The van der Waals surface area contributed by atoms with Gasteiger partial charge < -0.3 is 10.4 Å². The van der Waals surface area contributed by atoms with E-state index in [2.05, 4.69) is 10.3 Å². The molecule has 0 aromatic carbocycles. The third kappa shape index (κ3) is 1.46. The van der Waals surface area contributed by atoms with Crippen LogP contribution in [-0.2, 0) is 0 Å². The van der Waals surface area contributed by atoms with E-state index in [9.17, 15) is 4.79 Å². The fourth-order valence-electron chi connectivity index (χ4n) is 0.726. The maximum absolute atomic E-state index is 10.2. The quantitative estimate of drug-likeness (QED) is 0.610. The molecule has 58 valence electrons. The maximum Gasteiger partial charge on any atom is 0.168 e. The highest BCUT2D eigenvalue weighted by molar-refractivity contribution is 5.76. The number of nitrogens with one attached hydrogen (secondary N) is 1. The Kier molecular flexibility index (Phi) is 2.06. The fourth-order valence-corrected chi connectivity index (χ4v) is 0.726. The highest BCUT2D eigenvalue weighted by atomic mass is 16.3. The largest absolute Gasteiger partial charge is 0.504 e. The Morgan fingerprint density at radius 3 is 2.91 bits per heavy atom. The average molecular weight is 152 g/mol. The van der Waals surface area contributed by atoms with Crippen LogP contribution in [0.2, 0.25) is 0 Å². The van der Waals surface area contributed by atoms with Gasteiger partial charge in [0.1, 0.15) is 0 Å². The van der Waals surface area contributed by atoms with Crippen LogP contribution < -0.4 is 5.32 Å². The van der Waals surface area contributed by atoms with Gasteiger partial charge in [0.25, 0.3) is 0 Å². The van der Waals surface area contributed by atoms with Gasteiger partial charge in [0.2, 0.25) is 0 Å². The van der Waals surface area contributed by atoms with Crippen molar-refractivity contribution in [2.75, 3.05) is 12.4 Å². The molecular formula is C7H8N2O2. The molecular weight excluding hydrogens is 144 g/mol. The van der Waals surface area contributed by atoms with Gasteiger partial charge in [-0.15, -0.1) is 0 Å². The Labute approximate surface area is 63.9 Å². The molecule has 0 radical (unpaired) electrons. The van der Waals surface area contributed by atoms with Gasteiger partial charge in [-0.1, -0.05) is 0 Å². The number of pyridine rings is 1. The summed E-state index contributed by atoms with van der Waals surface area (Å²) >= 11 is 0. The zero-order chi connectivity index (χ0) is 8.27. The van der Waals surface area contributed by atoms with Crippen molar-refractivity contribution in [1.29, 1.82) is 0 Å². The second-order valence-corrected chi connectivity index (χ2v) is 2.00. The number of hydrogen-bond donors (Lipinski definition) is 2. The van der Waals surface area contributed by atoms with Crippen LogP contribution in [0.25, 0.3) is 0 Å².